The van der Waals surface area contributed by atoms with Crippen molar-refractivity contribution < 1.29 is 24.5 Å². The Morgan fingerprint density at radius 1 is 1.10 bits per heavy atom. The molecule has 0 saturated carbocycles. The number of phenols is 1. The van der Waals surface area contributed by atoms with Gasteiger partial charge >= 0.3 is 0 Å². The van der Waals surface area contributed by atoms with Gasteiger partial charge in [0.05, 0.1) is 18.2 Å². The molecule has 1 atom stereocenters. The first kappa shape index (κ1) is 21.4. The van der Waals surface area contributed by atoms with E-state index in [4.69, 9.17) is 4.74 Å². The van der Waals surface area contributed by atoms with Crippen molar-refractivity contribution >= 4 is 11.7 Å². The van der Waals surface area contributed by atoms with Crippen LogP contribution in [0.4, 0.5) is 0 Å². The van der Waals surface area contributed by atoms with Gasteiger partial charge in [0.2, 0.25) is 0 Å². The molecule has 6 nitrogen and oxygen atoms in total. The Morgan fingerprint density at radius 2 is 1.83 bits per heavy atom. The molecule has 6 heteroatoms. The van der Waals surface area contributed by atoms with Crippen LogP contribution >= 0.6 is 0 Å². The van der Waals surface area contributed by atoms with Crippen LogP contribution in [0.25, 0.3) is 0 Å². The molecule has 2 aromatic carbocycles. The van der Waals surface area contributed by atoms with Gasteiger partial charge in [-0.15, -0.1) is 0 Å². The molecule has 1 amide bonds. The zero-order chi connectivity index (χ0) is 22.0. The van der Waals surface area contributed by atoms with E-state index in [2.05, 4.69) is 0 Å². The number of amides is 1. The zero-order valence-electron chi connectivity index (χ0n) is 17.7. The smallest absolute Gasteiger partial charge is 0.290 e. The maximum atomic E-state index is 13.0. The van der Waals surface area contributed by atoms with Gasteiger partial charge in [0.1, 0.15) is 0 Å². The summed E-state index contributed by atoms with van der Waals surface area (Å²) < 4.78 is 5.48. The Balaban J connectivity index is 2.11. The highest BCUT2D eigenvalue weighted by molar-refractivity contribution is 6.08. The molecule has 0 bridgehead atoms. The molecule has 1 heterocycles. The van der Waals surface area contributed by atoms with E-state index < -0.39 is 17.7 Å². The van der Waals surface area contributed by atoms with Crippen molar-refractivity contribution in [3.05, 3.63) is 70.0 Å². The molecule has 1 aliphatic heterocycles. The van der Waals surface area contributed by atoms with Crippen molar-refractivity contribution in [2.45, 2.75) is 46.7 Å². The molecule has 0 fully saturated rings. The number of Topliss-reactive ketones (excluding diaryl/α,β-unsaturated/α-hetero) is 1. The van der Waals surface area contributed by atoms with E-state index in [0.717, 1.165) is 16.7 Å². The van der Waals surface area contributed by atoms with Gasteiger partial charge in [-0.2, -0.15) is 0 Å². The molecule has 0 spiro atoms. The SMILES string of the molecule is CCOc1cc(C2C(C(=O)CC)=C(O)C(=O)N2Cc2cc(C)ccc2C)ccc1O. The summed E-state index contributed by atoms with van der Waals surface area (Å²) in [7, 11) is 0. The van der Waals surface area contributed by atoms with Crippen LogP contribution in [0, 0.1) is 13.8 Å². The van der Waals surface area contributed by atoms with E-state index in [1.165, 1.54) is 11.0 Å². The molecule has 3 rings (SSSR count). The van der Waals surface area contributed by atoms with Crippen LogP contribution < -0.4 is 4.74 Å². The third-order valence-corrected chi connectivity index (χ3v) is 5.37. The Bertz CT molecular complexity index is 1020. The first-order valence-corrected chi connectivity index (χ1v) is 10.1. The minimum atomic E-state index is -0.760. The van der Waals surface area contributed by atoms with Gasteiger partial charge in [0, 0.05) is 13.0 Å². The predicted molar refractivity (Wildman–Crippen MR) is 113 cm³/mol. The molecular weight excluding hydrogens is 382 g/mol. The van der Waals surface area contributed by atoms with Crippen molar-refractivity contribution in [2.24, 2.45) is 0 Å². The zero-order valence-corrected chi connectivity index (χ0v) is 17.7. The molecule has 0 aromatic heterocycles. The van der Waals surface area contributed by atoms with Crippen LogP contribution in [0.2, 0.25) is 0 Å². The second-order valence-electron chi connectivity index (χ2n) is 7.46. The quantitative estimate of drug-likeness (QED) is 0.713. The van der Waals surface area contributed by atoms with Crippen molar-refractivity contribution in [1.82, 2.24) is 4.90 Å². The standard InChI is InChI=1S/C24H27NO5/c1-5-18(26)21-22(16-9-10-19(27)20(12-16)30-6-2)25(24(29)23(21)28)13-17-11-14(3)7-8-15(17)4/h7-12,22,27-28H,5-6,13H2,1-4H3. The molecule has 1 aliphatic rings. The maximum Gasteiger partial charge on any atom is 0.290 e. The van der Waals surface area contributed by atoms with E-state index in [1.807, 2.05) is 32.0 Å². The number of carbonyl (C=O) groups is 2. The molecule has 2 N–H and O–H groups in total. The fourth-order valence-corrected chi connectivity index (χ4v) is 3.76. The maximum absolute atomic E-state index is 13.0. The van der Waals surface area contributed by atoms with Crippen LogP contribution in [0.5, 0.6) is 11.5 Å². The largest absolute Gasteiger partial charge is 0.504 e. The number of hydrogen-bond acceptors (Lipinski definition) is 5. The number of aliphatic hydroxyl groups excluding tert-OH is 1. The topological polar surface area (TPSA) is 87.1 Å². The summed E-state index contributed by atoms with van der Waals surface area (Å²) in [6.45, 7) is 8.03. The normalized spacial score (nSPS) is 16.3. The van der Waals surface area contributed by atoms with Gasteiger partial charge in [-0.3, -0.25) is 9.59 Å². The lowest BCUT2D eigenvalue weighted by Gasteiger charge is -2.28. The Hall–Kier alpha value is -3.28. The van der Waals surface area contributed by atoms with E-state index in [-0.39, 0.29) is 35.8 Å². The molecule has 0 radical (unpaired) electrons. The number of aryl methyl sites for hydroxylation is 2. The first-order chi connectivity index (χ1) is 14.3. The monoisotopic (exact) mass is 409 g/mol. The lowest BCUT2D eigenvalue weighted by molar-refractivity contribution is -0.130. The van der Waals surface area contributed by atoms with E-state index >= 15 is 0 Å². The van der Waals surface area contributed by atoms with Gasteiger partial charge in [-0.05, 0) is 49.6 Å². The third kappa shape index (κ3) is 3.90. The number of aliphatic hydroxyl groups is 1. The summed E-state index contributed by atoms with van der Waals surface area (Å²) in [6.07, 6.45) is 0.164. The molecule has 30 heavy (non-hydrogen) atoms. The van der Waals surface area contributed by atoms with Crippen LogP contribution in [-0.2, 0) is 16.1 Å². The second kappa shape index (κ2) is 8.61. The van der Waals surface area contributed by atoms with Gasteiger partial charge < -0.3 is 19.8 Å². The highest BCUT2D eigenvalue weighted by Crippen LogP contribution is 2.41. The number of ether oxygens (including phenoxy) is 1. The summed E-state index contributed by atoms with van der Waals surface area (Å²) in [5, 5.41) is 20.6. The second-order valence-corrected chi connectivity index (χ2v) is 7.46. The van der Waals surface area contributed by atoms with Crippen molar-refractivity contribution in [3.8, 4) is 11.5 Å². The van der Waals surface area contributed by atoms with E-state index in [1.54, 1.807) is 26.0 Å². The van der Waals surface area contributed by atoms with Crippen molar-refractivity contribution in [2.75, 3.05) is 6.61 Å². The molecule has 2 aromatic rings. The fraction of sp³-hybridized carbons (Fsp3) is 0.333. The lowest BCUT2D eigenvalue weighted by Crippen LogP contribution is -2.31. The molecular formula is C24H27NO5. The predicted octanol–water partition coefficient (Wildman–Crippen LogP) is 4.28. The van der Waals surface area contributed by atoms with Crippen LogP contribution in [-0.4, -0.2) is 33.4 Å². The van der Waals surface area contributed by atoms with Gasteiger partial charge in [0.15, 0.2) is 23.0 Å². The van der Waals surface area contributed by atoms with Gasteiger partial charge in [0.25, 0.3) is 5.91 Å². The minimum Gasteiger partial charge on any atom is -0.504 e. The Morgan fingerprint density at radius 3 is 2.50 bits per heavy atom. The number of phenolic OH excluding ortho intramolecular Hbond substituents is 1. The summed E-state index contributed by atoms with van der Waals surface area (Å²) in [4.78, 5) is 27.2. The Kier molecular flexibility index (Phi) is 6.15. The number of carbonyl (C=O) groups excluding carboxylic acids is 2. The molecule has 158 valence electrons. The van der Waals surface area contributed by atoms with Crippen molar-refractivity contribution in [3.63, 3.8) is 0 Å². The van der Waals surface area contributed by atoms with E-state index in [9.17, 15) is 19.8 Å². The van der Waals surface area contributed by atoms with Gasteiger partial charge in [-0.1, -0.05) is 36.8 Å². The minimum absolute atomic E-state index is 0.0254. The van der Waals surface area contributed by atoms with Crippen LogP contribution in [0.15, 0.2) is 47.7 Å². The van der Waals surface area contributed by atoms with Crippen LogP contribution in [0.3, 0.4) is 0 Å². The average Bonchev–Trinajstić information content (AvgIpc) is 2.97. The highest BCUT2D eigenvalue weighted by atomic mass is 16.5. The molecule has 0 aliphatic carbocycles. The highest BCUT2D eigenvalue weighted by Gasteiger charge is 2.43. The number of hydrogen-bond donors (Lipinski definition) is 2. The number of ketones is 1. The van der Waals surface area contributed by atoms with Gasteiger partial charge in [-0.25, -0.2) is 0 Å². The Labute approximate surface area is 176 Å². The fourth-order valence-electron chi connectivity index (χ4n) is 3.76. The summed E-state index contributed by atoms with van der Waals surface area (Å²) in [5.74, 6) is -1.14. The number of aromatic hydroxyl groups is 1. The lowest BCUT2D eigenvalue weighted by atomic mass is 9.94. The van der Waals surface area contributed by atoms with E-state index in [0.29, 0.717) is 12.2 Å². The summed E-state index contributed by atoms with van der Waals surface area (Å²) in [5.41, 5.74) is 3.69. The average molecular weight is 409 g/mol. The molecule has 0 saturated heterocycles. The first-order valence-electron chi connectivity index (χ1n) is 10.1. The number of benzene rings is 2. The van der Waals surface area contributed by atoms with Crippen LogP contribution in [0.1, 0.15) is 48.6 Å². The number of nitrogens with zero attached hydrogens (tertiary/aromatic N) is 1. The summed E-state index contributed by atoms with van der Waals surface area (Å²) in [6, 6.07) is 9.97. The van der Waals surface area contributed by atoms with Crippen molar-refractivity contribution in [1.29, 1.82) is 0 Å². The summed E-state index contributed by atoms with van der Waals surface area (Å²) >= 11 is 0. The number of rotatable bonds is 7. The third-order valence-electron chi connectivity index (χ3n) is 5.37. The molecule has 1 unspecified atom stereocenters.